The first kappa shape index (κ1) is 16.2. The SMILES string of the molecule is CC1CC(=O)c2cnc(N3CCC(Cc4ccccc4)CC3)nc2C1. The molecule has 1 fully saturated rings. The first-order valence-corrected chi connectivity index (χ1v) is 9.37. The van der Waals surface area contributed by atoms with Gasteiger partial charge in [-0.2, -0.15) is 0 Å². The van der Waals surface area contributed by atoms with Crippen LogP contribution in [0.15, 0.2) is 36.5 Å². The molecule has 0 saturated carbocycles. The number of hydrogen-bond acceptors (Lipinski definition) is 4. The van der Waals surface area contributed by atoms with Gasteiger partial charge in [0.25, 0.3) is 0 Å². The Hall–Kier alpha value is -2.23. The van der Waals surface area contributed by atoms with Crippen LogP contribution in [0.5, 0.6) is 0 Å². The van der Waals surface area contributed by atoms with E-state index in [2.05, 4.69) is 47.1 Å². The highest BCUT2D eigenvalue weighted by molar-refractivity contribution is 5.98. The van der Waals surface area contributed by atoms with Crippen LogP contribution in [0.4, 0.5) is 5.95 Å². The summed E-state index contributed by atoms with van der Waals surface area (Å²) in [7, 11) is 0. The summed E-state index contributed by atoms with van der Waals surface area (Å²) in [5.41, 5.74) is 3.11. The largest absolute Gasteiger partial charge is 0.341 e. The highest BCUT2D eigenvalue weighted by Gasteiger charge is 2.26. The molecule has 2 aliphatic rings. The second kappa shape index (κ2) is 6.95. The Morgan fingerprint density at radius 1 is 1.12 bits per heavy atom. The number of carbonyl (C=O) groups is 1. The van der Waals surface area contributed by atoms with Crippen molar-refractivity contribution in [1.82, 2.24) is 9.97 Å². The predicted octanol–water partition coefficient (Wildman–Crippen LogP) is 3.70. The number of benzene rings is 1. The number of rotatable bonds is 3. The third-order valence-electron chi connectivity index (χ3n) is 5.50. The minimum Gasteiger partial charge on any atom is -0.341 e. The Bertz CT molecular complexity index is 751. The molecule has 0 N–H and O–H groups in total. The Labute approximate surface area is 149 Å². The van der Waals surface area contributed by atoms with Crippen molar-refractivity contribution < 1.29 is 4.79 Å². The minimum absolute atomic E-state index is 0.196. The smallest absolute Gasteiger partial charge is 0.225 e. The zero-order valence-corrected chi connectivity index (χ0v) is 14.8. The number of fused-ring (bicyclic) bond motifs is 1. The van der Waals surface area contributed by atoms with Crippen molar-refractivity contribution in [3.8, 4) is 0 Å². The van der Waals surface area contributed by atoms with Crippen molar-refractivity contribution in [2.24, 2.45) is 11.8 Å². The second-order valence-electron chi connectivity index (χ2n) is 7.59. The zero-order chi connectivity index (χ0) is 17.2. The van der Waals surface area contributed by atoms with E-state index in [-0.39, 0.29) is 5.78 Å². The van der Waals surface area contributed by atoms with Gasteiger partial charge < -0.3 is 4.90 Å². The molecule has 1 aromatic heterocycles. The average Bonchev–Trinajstić information content (AvgIpc) is 2.62. The molecule has 1 aromatic carbocycles. The van der Waals surface area contributed by atoms with Crippen LogP contribution in [0.2, 0.25) is 0 Å². The normalized spacial score (nSPS) is 21.2. The number of aromatic nitrogens is 2. The molecule has 1 atom stereocenters. The third kappa shape index (κ3) is 3.58. The van der Waals surface area contributed by atoms with E-state index in [1.807, 2.05) is 0 Å². The fourth-order valence-corrected chi connectivity index (χ4v) is 4.06. The zero-order valence-electron chi connectivity index (χ0n) is 14.8. The lowest BCUT2D eigenvalue weighted by atomic mass is 9.88. The highest BCUT2D eigenvalue weighted by atomic mass is 16.1. The van der Waals surface area contributed by atoms with E-state index in [9.17, 15) is 4.79 Å². The lowest BCUT2D eigenvalue weighted by Crippen LogP contribution is -2.36. The molecule has 0 amide bonds. The van der Waals surface area contributed by atoms with Gasteiger partial charge in [-0.3, -0.25) is 4.79 Å². The molecule has 1 saturated heterocycles. The number of nitrogens with zero attached hydrogens (tertiary/aromatic N) is 3. The standard InChI is InChI=1S/C21H25N3O/c1-15-11-19-18(20(25)12-15)14-22-21(23-19)24-9-7-17(8-10-24)13-16-5-3-2-4-6-16/h2-6,14-15,17H,7-13H2,1H3. The number of anilines is 1. The Kier molecular flexibility index (Phi) is 4.51. The summed E-state index contributed by atoms with van der Waals surface area (Å²) in [5, 5.41) is 0. The second-order valence-corrected chi connectivity index (χ2v) is 7.59. The van der Waals surface area contributed by atoms with Gasteiger partial charge in [0.1, 0.15) is 0 Å². The molecule has 1 unspecified atom stereocenters. The van der Waals surface area contributed by atoms with E-state index in [4.69, 9.17) is 4.98 Å². The Balaban J connectivity index is 1.41. The molecule has 2 heterocycles. The molecular formula is C21H25N3O. The van der Waals surface area contributed by atoms with Gasteiger partial charge >= 0.3 is 0 Å². The van der Waals surface area contributed by atoms with E-state index in [1.165, 1.54) is 18.4 Å². The van der Waals surface area contributed by atoms with E-state index in [0.29, 0.717) is 12.3 Å². The van der Waals surface area contributed by atoms with Crippen LogP contribution < -0.4 is 4.90 Å². The van der Waals surface area contributed by atoms with Crippen molar-refractivity contribution in [2.75, 3.05) is 18.0 Å². The van der Waals surface area contributed by atoms with Crippen LogP contribution in [-0.4, -0.2) is 28.8 Å². The molecule has 4 rings (SSSR count). The molecule has 1 aliphatic heterocycles. The number of carbonyl (C=O) groups excluding carboxylic acids is 1. The summed E-state index contributed by atoms with van der Waals surface area (Å²) in [6.45, 7) is 4.12. The van der Waals surface area contributed by atoms with E-state index in [0.717, 1.165) is 49.1 Å². The molecule has 0 spiro atoms. The highest BCUT2D eigenvalue weighted by Crippen LogP contribution is 2.27. The quantitative estimate of drug-likeness (QED) is 0.858. The predicted molar refractivity (Wildman–Crippen MR) is 98.9 cm³/mol. The number of Topliss-reactive ketones (excluding diaryl/α,β-unsaturated/α-hetero) is 1. The number of ketones is 1. The summed E-state index contributed by atoms with van der Waals surface area (Å²) in [6.07, 6.45) is 6.77. The first-order valence-electron chi connectivity index (χ1n) is 9.37. The van der Waals surface area contributed by atoms with Gasteiger partial charge in [-0.1, -0.05) is 37.3 Å². The maximum Gasteiger partial charge on any atom is 0.225 e. The monoisotopic (exact) mass is 335 g/mol. The van der Waals surface area contributed by atoms with Gasteiger partial charge in [-0.05, 0) is 43.1 Å². The summed E-state index contributed by atoms with van der Waals surface area (Å²) >= 11 is 0. The number of piperidine rings is 1. The van der Waals surface area contributed by atoms with Gasteiger partial charge in [0.15, 0.2) is 5.78 Å². The van der Waals surface area contributed by atoms with Crippen LogP contribution in [0, 0.1) is 11.8 Å². The molecule has 4 heteroatoms. The molecule has 4 nitrogen and oxygen atoms in total. The van der Waals surface area contributed by atoms with Crippen LogP contribution >= 0.6 is 0 Å². The first-order chi connectivity index (χ1) is 12.2. The summed E-state index contributed by atoms with van der Waals surface area (Å²) in [6, 6.07) is 10.8. The Morgan fingerprint density at radius 3 is 2.64 bits per heavy atom. The summed E-state index contributed by atoms with van der Waals surface area (Å²) < 4.78 is 0. The van der Waals surface area contributed by atoms with Gasteiger partial charge in [0.05, 0.1) is 11.3 Å². The van der Waals surface area contributed by atoms with Crippen molar-refractivity contribution in [1.29, 1.82) is 0 Å². The van der Waals surface area contributed by atoms with Gasteiger partial charge in [0.2, 0.25) is 5.95 Å². The molecule has 2 aromatic rings. The maximum atomic E-state index is 12.1. The van der Waals surface area contributed by atoms with Gasteiger partial charge in [-0.15, -0.1) is 0 Å². The van der Waals surface area contributed by atoms with E-state index < -0.39 is 0 Å². The fourth-order valence-electron chi connectivity index (χ4n) is 4.06. The molecule has 0 radical (unpaired) electrons. The fraction of sp³-hybridized carbons (Fsp3) is 0.476. The summed E-state index contributed by atoms with van der Waals surface area (Å²) in [5.74, 6) is 2.12. The van der Waals surface area contributed by atoms with E-state index >= 15 is 0 Å². The topological polar surface area (TPSA) is 46.1 Å². The average molecular weight is 335 g/mol. The number of hydrogen-bond donors (Lipinski definition) is 0. The van der Waals surface area contributed by atoms with Crippen molar-refractivity contribution >= 4 is 11.7 Å². The lowest BCUT2D eigenvalue weighted by Gasteiger charge is -2.32. The van der Waals surface area contributed by atoms with Crippen molar-refractivity contribution in [3.63, 3.8) is 0 Å². The molecular weight excluding hydrogens is 310 g/mol. The third-order valence-corrected chi connectivity index (χ3v) is 5.50. The maximum absolute atomic E-state index is 12.1. The molecule has 1 aliphatic carbocycles. The van der Waals surface area contributed by atoms with Crippen LogP contribution in [0.25, 0.3) is 0 Å². The molecule has 25 heavy (non-hydrogen) atoms. The summed E-state index contributed by atoms with van der Waals surface area (Å²) in [4.78, 5) is 23.6. The minimum atomic E-state index is 0.196. The van der Waals surface area contributed by atoms with E-state index in [1.54, 1.807) is 6.20 Å². The molecule has 0 bridgehead atoms. The van der Waals surface area contributed by atoms with Crippen LogP contribution in [-0.2, 0) is 12.8 Å². The Morgan fingerprint density at radius 2 is 1.88 bits per heavy atom. The van der Waals surface area contributed by atoms with Crippen LogP contribution in [0.3, 0.4) is 0 Å². The van der Waals surface area contributed by atoms with Gasteiger partial charge in [-0.25, -0.2) is 9.97 Å². The lowest BCUT2D eigenvalue weighted by molar-refractivity contribution is 0.0951. The van der Waals surface area contributed by atoms with Crippen LogP contribution in [0.1, 0.15) is 47.8 Å². The van der Waals surface area contributed by atoms with Crippen molar-refractivity contribution in [3.05, 3.63) is 53.3 Å². The molecule has 130 valence electrons. The van der Waals surface area contributed by atoms with Gasteiger partial charge in [0, 0.05) is 25.7 Å². The van der Waals surface area contributed by atoms with Crippen molar-refractivity contribution in [2.45, 2.75) is 39.0 Å².